The molecule has 26 heavy (non-hydrogen) atoms. The van der Waals surface area contributed by atoms with Crippen molar-refractivity contribution in [2.45, 2.75) is 32.3 Å². The van der Waals surface area contributed by atoms with Gasteiger partial charge in [0, 0.05) is 38.7 Å². The van der Waals surface area contributed by atoms with E-state index in [1.807, 2.05) is 49.4 Å². The van der Waals surface area contributed by atoms with Gasteiger partial charge >= 0.3 is 0 Å². The van der Waals surface area contributed by atoms with Crippen LogP contribution >= 0.6 is 15.9 Å². The molecule has 3 aromatic rings. The van der Waals surface area contributed by atoms with Gasteiger partial charge in [0.05, 0.1) is 5.69 Å². The smallest absolute Gasteiger partial charge is 0.268 e. The van der Waals surface area contributed by atoms with Crippen molar-refractivity contribution in [2.24, 2.45) is 0 Å². The van der Waals surface area contributed by atoms with E-state index in [2.05, 4.69) is 27.8 Å². The van der Waals surface area contributed by atoms with Crippen LogP contribution in [0.2, 0.25) is 0 Å². The van der Waals surface area contributed by atoms with Crippen molar-refractivity contribution in [1.29, 1.82) is 0 Å². The minimum absolute atomic E-state index is 0.271. The third kappa shape index (κ3) is 2.34. The third-order valence-corrected chi connectivity index (χ3v) is 5.68. The number of hydrogen-bond donors (Lipinski definition) is 2. The molecular weight excluding hydrogens is 392 g/mol. The molecule has 2 aromatic carbocycles. The van der Waals surface area contributed by atoms with E-state index < -0.39 is 5.60 Å². The summed E-state index contributed by atoms with van der Waals surface area (Å²) in [7, 11) is 0. The van der Waals surface area contributed by atoms with Gasteiger partial charge < -0.3 is 15.0 Å². The molecule has 0 radical (unpaired) electrons. The van der Waals surface area contributed by atoms with Crippen LogP contribution in [-0.2, 0) is 10.4 Å². The monoisotopic (exact) mass is 412 g/mol. The van der Waals surface area contributed by atoms with Crippen LogP contribution in [0, 0.1) is 6.92 Å². The first-order chi connectivity index (χ1) is 12.5. The Morgan fingerprint density at radius 1 is 1.23 bits per heavy atom. The quantitative estimate of drug-likeness (QED) is 0.656. The molecule has 1 aliphatic heterocycles. The molecule has 1 atom stereocenters. The Labute approximate surface area is 161 Å². The minimum Gasteiger partial charge on any atom is -0.372 e. The lowest BCUT2D eigenvalue weighted by Crippen LogP contribution is -2.41. The standard InChI is InChI=1S/C21H21BrN2O2/c1-3-4-11-24-18-10-9-14(22)12-16(18)21(26,20(24)25)19-13(2)23-17-8-6-5-7-15(17)19/h5-10,12,23,26H,3-4,11H2,1-2H3/t21-/m1/s1. The molecule has 2 heterocycles. The second-order valence-corrected chi connectivity index (χ2v) is 7.77. The molecule has 0 bridgehead atoms. The Hall–Kier alpha value is -2.11. The lowest BCUT2D eigenvalue weighted by molar-refractivity contribution is -0.132. The van der Waals surface area contributed by atoms with Crippen molar-refractivity contribution in [1.82, 2.24) is 4.98 Å². The van der Waals surface area contributed by atoms with E-state index in [0.717, 1.165) is 39.6 Å². The Balaban J connectivity index is 1.99. The molecule has 4 rings (SSSR count). The summed E-state index contributed by atoms with van der Waals surface area (Å²) in [5.74, 6) is -0.271. The van der Waals surface area contributed by atoms with Crippen LogP contribution in [0.4, 0.5) is 5.69 Å². The summed E-state index contributed by atoms with van der Waals surface area (Å²) in [6, 6.07) is 13.5. The van der Waals surface area contributed by atoms with Crippen LogP contribution in [0.5, 0.6) is 0 Å². The summed E-state index contributed by atoms with van der Waals surface area (Å²) in [5.41, 5.74) is 2.13. The van der Waals surface area contributed by atoms with Gasteiger partial charge in [-0.15, -0.1) is 0 Å². The number of para-hydroxylation sites is 1. The number of aromatic amines is 1. The number of H-pyrrole nitrogens is 1. The van der Waals surface area contributed by atoms with Crippen molar-refractivity contribution in [2.75, 3.05) is 11.4 Å². The lowest BCUT2D eigenvalue weighted by Gasteiger charge is -2.24. The molecule has 0 spiro atoms. The zero-order valence-corrected chi connectivity index (χ0v) is 16.4. The summed E-state index contributed by atoms with van der Waals surface area (Å²) in [6.45, 7) is 4.61. The fraction of sp³-hybridized carbons (Fsp3) is 0.286. The van der Waals surface area contributed by atoms with Crippen molar-refractivity contribution < 1.29 is 9.90 Å². The first-order valence-electron chi connectivity index (χ1n) is 8.90. The second kappa shape index (κ2) is 6.25. The van der Waals surface area contributed by atoms with Crippen LogP contribution in [0.25, 0.3) is 10.9 Å². The predicted octanol–water partition coefficient (Wildman–Crippen LogP) is 4.62. The number of benzene rings is 2. The highest BCUT2D eigenvalue weighted by molar-refractivity contribution is 9.10. The number of fused-ring (bicyclic) bond motifs is 2. The van der Waals surface area contributed by atoms with E-state index in [9.17, 15) is 9.90 Å². The summed E-state index contributed by atoms with van der Waals surface area (Å²) in [4.78, 5) is 18.5. The molecule has 0 aliphatic carbocycles. The number of nitrogens with zero attached hydrogens (tertiary/aromatic N) is 1. The predicted molar refractivity (Wildman–Crippen MR) is 107 cm³/mol. The van der Waals surface area contributed by atoms with Gasteiger partial charge in [-0.1, -0.05) is 47.5 Å². The van der Waals surface area contributed by atoms with E-state index in [1.54, 1.807) is 4.90 Å². The van der Waals surface area contributed by atoms with E-state index in [-0.39, 0.29) is 5.91 Å². The molecule has 4 nitrogen and oxygen atoms in total. The number of anilines is 1. The van der Waals surface area contributed by atoms with Gasteiger partial charge in [-0.2, -0.15) is 0 Å². The summed E-state index contributed by atoms with van der Waals surface area (Å²) in [5, 5.41) is 12.7. The van der Waals surface area contributed by atoms with E-state index >= 15 is 0 Å². The number of carbonyl (C=O) groups excluding carboxylic acids is 1. The molecule has 5 heteroatoms. The average molecular weight is 413 g/mol. The summed E-state index contributed by atoms with van der Waals surface area (Å²) in [6.07, 6.45) is 1.88. The molecule has 1 amide bonds. The van der Waals surface area contributed by atoms with Gasteiger partial charge in [0.2, 0.25) is 0 Å². The zero-order valence-electron chi connectivity index (χ0n) is 14.8. The molecule has 0 unspecified atom stereocenters. The van der Waals surface area contributed by atoms with Gasteiger partial charge in [-0.25, -0.2) is 0 Å². The van der Waals surface area contributed by atoms with Crippen molar-refractivity contribution in [3.8, 4) is 0 Å². The van der Waals surface area contributed by atoms with Crippen LogP contribution in [0.3, 0.4) is 0 Å². The number of aromatic nitrogens is 1. The molecule has 0 fully saturated rings. The molecular formula is C21H21BrN2O2. The van der Waals surface area contributed by atoms with E-state index in [0.29, 0.717) is 17.7 Å². The fourth-order valence-electron chi connectivity index (χ4n) is 3.98. The van der Waals surface area contributed by atoms with Crippen LogP contribution in [0.15, 0.2) is 46.9 Å². The topological polar surface area (TPSA) is 56.3 Å². The summed E-state index contributed by atoms with van der Waals surface area (Å²) < 4.78 is 0.845. The summed E-state index contributed by atoms with van der Waals surface area (Å²) >= 11 is 3.49. The fourth-order valence-corrected chi connectivity index (χ4v) is 4.34. The van der Waals surface area contributed by atoms with Gasteiger partial charge in [0.15, 0.2) is 5.60 Å². The van der Waals surface area contributed by atoms with Crippen molar-refractivity contribution in [3.63, 3.8) is 0 Å². The highest BCUT2D eigenvalue weighted by Gasteiger charge is 2.52. The Bertz CT molecular complexity index is 1010. The van der Waals surface area contributed by atoms with Gasteiger partial charge in [-0.3, -0.25) is 4.79 Å². The maximum Gasteiger partial charge on any atom is 0.268 e. The minimum atomic E-state index is -1.68. The molecule has 1 aromatic heterocycles. The molecule has 0 saturated heterocycles. The second-order valence-electron chi connectivity index (χ2n) is 6.85. The number of amides is 1. The first-order valence-corrected chi connectivity index (χ1v) is 9.70. The van der Waals surface area contributed by atoms with E-state index in [1.165, 1.54) is 0 Å². The largest absolute Gasteiger partial charge is 0.372 e. The van der Waals surface area contributed by atoms with Crippen LogP contribution in [0.1, 0.15) is 36.6 Å². The number of unbranched alkanes of at least 4 members (excludes halogenated alkanes) is 1. The zero-order chi connectivity index (χ0) is 18.5. The molecule has 1 aliphatic rings. The van der Waals surface area contributed by atoms with Crippen LogP contribution < -0.4 is 4.90 Å². The maximum absolute atomic E-state index is 13.4. The number of carbonyl (C=O) groups is 1. The molecule has 2 N–H and O–H groups in total. The number of nitrogens with one attached hydrogen (secondary N) is 1. The number of aryl methyl sites for hydroxylation is 1. The molecule has 134 valence electrons. The van der Waals surface area contributed by atoms with Gasteiger partial charge in [0.25, 0.3) is 5.91 Å². The maximum atomic E-state index is 13.4. The number of rotatable bonds is 4. The van der Waals surface area contributed by atoms with Crippen LogP contribution in [-0.4, -0.2) is 22.5 Å². The highest BCUT2D eigenvalue weighted by atomic mass is 79.9. The Morgan fingerprint density at radius 3 is 2.77 bits per heavy atom. The number of halogens is 1. The number of hydrogen-bond acceptors (Lipinski definition) is 2. The molecule has 0 saturated carbocycles. The highest BCUT2D eigenvalue weighted by Crippen LogP contribution is 2.48. The number of aliphatic hydroxyl groups is 1. The third-order valence-electron chi connectivity index (χ3n) is 5.18. The van der Waals surface area contributed by atoms with E-state index in [4.69, 9.17) is 0 Å². The van der Waals surface area contributed by atoms with Gasteiger partial charge in [-0.05, 0) is 37.6 Å². The Kier molecular flexibility index (Phi) is 4.16. The van der Waals surface area contributed by atoms with Gasteiger partial charge in [0.1, 0.15) is 0 Å². The SMILES string of the molecule is CCCCN1C(=O)[C@](O)(c2c(C)[nH]c3ccccc23)c2cc(Br)ccc21. The normalized spacial score (nSPS) is 19.4. The Morgan fingerprint density at radius 2 is 2.00 bits per heavy atom. The van der Waals surface area contributed by atoms with Crippen molar-refractivity contribution in [3.05, 3.63) is 63.8 Å². The average Bonchev–Trinajstić information content (AvgIpc) is 3.07. The first kappa shape index (κ1) is 17.3. The van der Waals surface area contributed by atoms with Crippen molar-refractivity contribution >= 4 is 38.4 Å². The lowest BCUT2D eigenvalue weighted by atomic mass is 9.85.